The smallest absolute Gasteiger partial charge is 0.317 e. The fourth-order valence-electron chi connectivity index (χ4n) is 3.35. The van der Waals surface area contributed by atoms with Crippen LogP contribution in [0.25, 0.3) is 0 Å². The van der Waals surface area contributed by atoms with Crippen LogP contribution in [0.5, 0.6) is 11.5 Å². The van der Waals surface area contributed by atoms with E-state index in [1.54, 1.807) is 18.2 Å². The Bertz CT molecular complexity index is 986. The van der Waals surface area contributed by atoms with Crippen LogP contribution >= 0.6 is 0 Å². The van der Waals surface area contributed by atoms with Gasteiger partial charge in [0.2, 0.25) is 0 Å². The van der Waals surface area contributed by atoms with Crippen molar-refractivity contribution in [3.05, 3.63) is 23.8 Å². The molecule has 9 nitrogen and oxygen atoms in total. The van der Waals surface area contributed by atoms with Crippen LogP contribution in [0.3, 0.4) is 0 Å². The lowest BCUT2D eigenvalue weighted by molar-refractivity contribution is -0.147. The SMILES string of the molecule is CCCC(C)(C)C(=O)Oc1ccc([C@@H](O)CNC(C)(C)C)cc1OC(=O)C(C)(C)CCC.CS(=O)(=O)O. The summed E-state index contributed by atoms with van der Waals surface area (Å²) >= 11 is 0. The second kappa shape index (κ2) is 14.2. The third kappa shape index (κ3) is 14.5. The number of rotatable bonds is 11. The quantitative estimate of drug-likeness (QED) is 0.197. The number of nitrogens with one attached hydrogen (secondary N) is 1. The van der Waals surface area contributed by atoms with Crippen molar-refractivity contribution in [1.82, 2.24) is 5.32 Å². The van der Waals surface area contributed by atoms with E-state index >= 15 is 0 Å². The molecule has 214 valence electrons. The highest BCUT2D eigenvalue weighted by atomic mass is 32.2. The van der Waals surface area contributed by atoms with Gasteiger partial charge in [0.1, 0.15) is 0 Å². The van der Waals surface area contributed by atoms with Crippen molar-refractivity contribution in [2.24, 2.45) is 10.8 Å². The van der Waals surface area contributed by atoms with Gasteiger partial charge in [0.15, 0.2) is 11.5 Å². The Hall–Kier alpha value is -2.01. The summed E-state index contributed by atoms with van der Waals surface area (Å²) in [6.45, 7) is 17.8. The standard InChI is InChI=1S/C26H43NO5.CH4O3S/c1-10-14-25(6,7)22(29)31-20-13-12-18(19(28)17-27-24(3,4)5)16-21(20)32-23(30)26(8,9)15-11-2;1-5(2,3)4/h12-13,16,19,27-28H,10-11,14-15,17H2,1-9H3;1H3,(H,2,3,4)/t19-;/m0./s1. The molecule has 1 aromatic rings. The van der Waals surface area contributed by atoms with Crippen molar-refractivity contribution in [2.75, 3.05) is 12.8 Å². The van der Waals surface area contributed by atoms with Gasteiger partial charge in [0, 0.05) is 12.1 Å². The zero-order valence-electron chi connectivity index (χ0n) is 24.1. The number of carbonyl (C=O) groups is 2. The molecule has 37 heavy (non-hydrogen) atoms. The van der Waals surface area contributed by atoms with E-state index in [1.165, 1.54) is 0 Å². The number of hydrogen-bond donors (Lipinski definition) is 3. The molecule has 0 aliphatic heterocycles. The van der Waals surface area contributed by atoms with Gasteiger partial charge in [0.05, 0.1) is 23.2 Å². The molecule has 0 aromatic heterocycles. The molecule has 0 bridgehead atoms. The highest BCUT2D eigenvalue weighted by Crippen LogP contribution is 2.35. The van der Waals surface area contributed by atoms with Crippen molar-refractivity contribution >= 4 is 22.1 Å². The highest BCUT2D eigenvalue weighted by Gasteiger charge is 2.32. The molecule has 0 saturated carbocycles. The van der Waals surface area contributed by atoms with Gasteiger partial charge in [-0.2, -0.15) is 8.42 Å². The molecule has 0 spiro atoms. The van der Waals surface area contributed by atoms with E-state index < -0.39 is 33.0 Å². The predicted molar refractivity (Wildman–Crippen MR) is 145 cm³/mol. The van der Waals surface area contributed by atoms with E-state index in [2.05, 4.69) is 5.32 Å². The first-order valence-electron chi connectivity index (χ1n) is 12.6. The van der Waals surface area contributed by atoms with Crippen LogP contribution in [0.4, 0.5) is 0 Å². The minimum atomic E-state index is -3.67. The van der Waals surface area contributed by atoms with E-state index in [0.717, 1.165) is 12.8 Å². The minimum Gasteiger partial charge on any atom is -0.422 e. The van der Waals surface area contributed by atoms with Crippen molar-refractivity contribution in [3.8, 4) is 11.5 Å². The summed E-state index contributed by atoms with van der Waals surface area (Å²) in [5.41, 5.74) is -0.919. The first-order chi connectivity index (χ1) is 16.6. The van der Waals surface area contributed by atoms with E-state index in [1.807, 2.05) is 62.3 Å². The lowest BCUT2D eigenvalue weighted by Crippen LogP contribution is -2.38. The van der Waals surface area contributed by atoms with Crippen LogP contribution in [0.2, 0.25) is 0 Å². The predicted octanol–water partition coefficient (Wildman–Crippen LogP) is 5.08. The molecule has 1 atom stereocenters. The van der Waals surface area contributed by atoms with Crippen molar-refractivity contribution in [2.45, 2.75) is 99.6 Å². The Morgan fingerprint density at radius 2 is 1.30 bits per heavy atom. The Labute approximate surface area is 223 Å². The summed E-state index contributed by atoms with van der Waals surface area (Å²) in [6, 6.07) is 4.87. The van der Waals surface area contributed by atoms with Gasteiger partial charge in [-0.3, -0.25) is 14.1 Å². The van der Waals surface area contributed by atoms with E-state index in [4.69, 9.17) is 14.0 Å². The Morgan fingerprint density at radius 3 is 1.68 bits per heavy atom. The number of ether oxygens (including phenoxy) is 2. The zero-order valence-corrected chi connectivity index (χ0v) is 24.9. The summed E-state index contributed by atoms with van der Waals surface area (Å²) in [6.07, 6.45) is 2.94. The first-order valence-corrected chi connectivity index (χ1v) is 14.4. The zero-order chi connectivity index (χ0) is 29.2. The molecular formula is C27H47NO8S. The van der Waals surface area contributed by atoms with Gasteiger partial charge in [-0.25, -0.2) is 0 Å². The molecule has 3 N–H and O–H groups in total. The molecule has 0 aliphatic carbocycles. The first kappa shape index (κ1) is 35.0. The van der Waals surface area contributed by atoms with Crippen molar-refractivity contribution in [3.63, 3.8) is 0 Å². The molecule has 1 aromatic carbocycles. The fraction of sp³-hybridized carbons (Fsp3) is 0.704. The molecule has 0 radical (unpaired) electrons. The normalized spacial score (nSPS) is 13.3. The van der Waals surface area contributed by atoms with Crippen LogP contribution in [0.1, 0.15) is 99.7 Å². The van der Waals surface area contributed by atoms with Crippen LogP contribution < -0.4 is 14.8 Å². The third-order valence-electron chi connectivity index (χ3n) is 5.44. The average Bonchev–Trinajstić information content (AvgIpc) is 2.71. The van der Waals surface area contributed by atoms with Crippen molar-refractivity contribution < 1.29 is 37.1 Å². The Morgan fingerprint density at radius 1 is 0.892 bits per heavy atom. The van der Waals surface area contributed by atoms with Crippen LogP contribution in [0.15, 0.2) is 18.2 Å². The molecule has 1 rings (SSSR count). The number of hydrogen-bond acceptors (Lipinski definition) is 8. The monoisotopic (exact) mass is 545 g/mol. The Kier molecular flexibility index (Phi) is 13.5. The van der Waals surface area contributed by atoms with Gasteiger partial charge >= 0.3 is 11.9 Å². The Balaban J connectivity index is 0.00000235. The van der Waals surface area contributed by atoms with Gasteiger partial charge in [0.25, 0.3) is 10.1 Å². The van der Waals surface area contributed by atoms with E-state index in [0.29, 0.717) is 31.2 Å². The molecule has 0 aliphatic rings. The maximum atomic E-state index is 12.9. The number of benzene rings is 1. The maximum Gasteiger partial charge on any atom is 0.317 e. The largest absolute Gasteiger partial charge is 0.422 e. The molecule has 0 amide bonds. The molecule has 0 heterocycles. The van der Waals surface area contributed by atoms with Gasteiger partial charge < -0.3 is 19.9 Å². The number of β-amino-alcohol motifs (C(OH)–C–C–N with tert-alkyl or cyclic N) is 1. The molecular weight excluding hydrogens is 498 g/mol. The summed E-state index contributed by atoms with van der Waals surface area (Å²) in [5, 5.41) is 13.9. The van der Waals surface area contributed by atoms with Crippen molar-refractivity contribution in [1.29, 1.82) is 0 Å². The van der Waals surface area contributed by atoms with E-state index in [9.17, 15) is 23.1 Å². The molecule has 0 saturated heterocycles. The minimum absolute atomic E-state index is 0.145. The van der Waals surface area contributed by atoms with E-state index in [-0.39, 0.29) is 23.0 Å². The fourth-order valence-corrected chi connectivity index (χ4v) is 3.35. The van der Waals surface area contributed by atoms with Crippen LogP contribution in [0, 0.1) is 10.8 Å². The number of aliphatic hydroxyl groups is 1. The second-order valence-corrected chi connectivity index (χ2v) is 13.1. The maximum absolute atomic E-state index is 12.9. The van der Waals surface area contributed by atoms with Gasteiger partial charge in [-0.05, 0) is 79.0 Å². The summed E-state index contributed by atoms with van der Waals surface area (Å²) in [4.78, 5) is 25.6. The van der Waals surface area contributed by atoms with Crippen LogP contribution in [-0.2, 0) is 19.7 Å². The van der Waals surface area contributed by atoms with Gasteiger partial charge in [-0.1, -0.05) is 32.8 Å². The molecule has 10 heteroatoms. The van der Waals surface area contributed by atoms with Gasteiger partial charge in [-0.15, -0.1) is 0 Å². The topological polar surface area (TPSA) is 139 Å². The lowest BCUT2D eigenvalue weighted by atomic mass is 9.88. The number of carbonyl (C=O) groups excluding carboxylic acids is 2. The molecule has 0 fully saturated rings. The summed E-state index contributed by atoms with van der Waals surface area (Å²) in [5.74, 6) is -0.456. The summed E-state index contributed by atoms with van der Waals surface area (Å²) < 4.78 is 37.3. The lowest BCUT2D eigenvalue weighted by Gasteiger charge is -2.25. The summed E-state index contributed by atoms with van der Waals surface area (Å²) in [7, 11) is -3.67. The van der Waals surface area contributed by atoms with Crippen LogP contribution in [-0.4, -0.2) is 48.4 Å². The third-order valence-corrected chi connectivity index (χ3v) is 5.44. The number of esters is 2. The highest BCUT2D eigenvalue weighted by molar-refractivity contribution is 7.85. The number of aliphatic hydroxyl groups excluding tert-OH is 1. The second-order valence-electron chi connectivity index (χ2n) is 11.6. The molecule has 0 unspecified atom stereocenters. The average molecular weight is 546 g/mol.